The SMILES string of the molecule is O=C(CSc1nnc(-c2cccnc2)n1-c1cccc(Cl)c1)Nc1cccc(C(F)(F)F)c1. The van der Waals surface area contributed by atoms with E-state index in [1.165, 1.54) is 12.1 Å². The van der Waals surface area contributed by atoms with Crippen LogP contribution < -0.4 is 5.32 Å². The maximum atomic E-state index is 12.9. The molecule has 11 heteroatoms. The number of hydrogen-bond donors (Lipinski definition) is 1. The van der Waals surface area contributed by atoms with E-state index in [-0.39, 0.29) is 11.4 Å². The van der Waals surface area contributed by atoms with E-state index in [1.54, 1.807) is 41.2 Å². The van der Waals surface area contributed by atoms with E-state index in [2.05, 4.69) is 20.5 Å². The van der Waals surface area contributed by atoms with Crippen molar-refractivity contribution in [1.82, 2.24) is 19.7 Å². The van der Waals surface area contributed by atoms with E-state index in [1.807, 2.05) is 12.1 Å². The van der Waals surface area contributed by atoms with E-state index < -0.39 is 17.6 Å². The van der Waals surface area contributed by atoms with Gasteiger partial charge in [-0.15, -0.1) is 10.2 Å². The minimum atomic E-state index is -4.49. The number of halogens is 4. The zero-order valence-corrected chi connectivity index (χ0v) is 18.3. The van der Waals surface area contributed by atoms with E-state index >= 15 is 0 Å². The molecule has 33 heavy (non-hydrogen) atoms. The number of pyridine rings is 1. The summed E-state index contributed by atoms with van der Waals surface area (Å²) < 4.78 is 40.4. The Balaban J connectivity index is 1.56. The van der Waals surface area contributed by atoms with Gasteiger partial charge in [-0.2, -0.15) is 13.2 Å². The van der Waals surface area contributed by atoms with E-state index in [0.717, 1.165) is 23.9 Å². The molecule has 0 aliphatic heterocycles. The quantitative estimate of drug-likeness (QED) is 0.350. The van der Waals surface area contributed by atoms with Crippen LogP contribution in [0, 0.1) is 0 Å². The largest absolute Gasteiger partial charge is 0.416 e. The van der Waals surface area contributed by atoms with Gasteiger partial charge < -0.3 is 5.32 Å². The highest BCUT2D eigenvalue weighted by atomic mass is 35.5. The lowest BCUT2D eigenvalue weighted by atomic mass is 10.2. The van der Waals surface area contributed by atoms with Crippen molar-refractivity contribution in [3.8, 4) is 17.1 Å². The smallest absolute Gasteiger partial charge is 0.325 e. The third-order valence-corrected chi connectivity index (χ3v) is 5.59. The van der Waals surface area contributed by atoms with Crippen LogP contribution in [0.4, 0.5) is 18.9 Å². The van der Waals surface area contributed by atoms with E-state index in [9.17, 15) is 18.0 Å². The summed E-state index contributed by atoms with van der Waals surface area (Å²) in [7, 11) is 0. The molecular formula is C22H15ClF3N5OS. The van der Waals surface area contributed by atoms with Crippen LogP contribution in [0.25, 0.3) is 17.1 Å². The molecule has 2 aromatic carbocycles. The summed E-state index contributed by atoms with van der Waals surface area (Å²) in [5.41, 5.74) is 0.620. The summed E-state index contributed by atoms with van der Waals surface area (Å²) >= 11 is 7.25. The molecule has 1 N–H and O–H groups in total. The predicted octanol–water partition coefficient (Wildman–Crippen LogP) is 5.73. The van der Waals surface area contributed by atoms with Crippen LogP contribution >= 0.6 is 23.4 Å². The van der Waals surface area contributed by atoms with Crippen LogP contribution in [0.2, 0.25) is 5.02 Å². The second kappa shape index (κ2) is 9.63. The van der Waals surface area contributed by atoms with Gasteiger partial charge in [0, 0.05) is 28.7 Å². The number of thioether (sulfide) groups is 1. The normalized spacial score (nSPS) is 11.4. The van der Waals surface area contributed by atoms with Gasteiger partial charge in [0.15, 0.2) is 11.0 Å². The van der Waals surface area contributed by atoms with E-state index in [0.29, 0.717) is 27.3 Å². The monoisotopic (exact) mass is 489 g/mol. The molecule has 168 valence electrons. The van der Waals surface area contributed by atoms with Gasteiger partial charge in [-0.3, -0.25) is 14.3 Å². The fourth-order valence-corrected chi connectivity index (χ4v) is 3.93. The molecule has 2 heterocycles. The highest BCUT2D eigenvalue weighted by Gasteiger charge is 2.30. The molecule has 0 aliphatic carbocycles. The molecule has 2 aromatic heterocycles. The van der Waals surface area contributed by atoms with Crippen LogP contribution in [0.3, 0.4) is 0 Å². The molecular weight excluding hydrogens is 475 g/mol. The maximum absolute atomic E-state index is 12.9. The molecule has 0 spiro atoms. The molecule has 0 atom stereocenters. The highest BCUT2D eigenvalue weighted by molar-refractivity contribution is 7.99. The van der Waals surface area contributed by atoms with Crippen LogP contribution in [0.15, 0.2) is 78.2 Å². The van der Waals surface area contributed by atoms with Gasteiger partial charge in [-0.1, -0.05) is 35.5 Å². The molecule has 0 aliphatic rings. The number of amides is 1. The minimum absolute atomic E-state index is 0.0581. The van der Waals surface area contributed by atoms with Gasteiger partial charge in [0.1, 0.15) is 0 Å². The molecule has 0 radical (unpaired) electrons. The summed E-state index contributed by atoms with van der Waals surface area (Å²) in [6.45, 7) is 0. The number of nitrogens with one attached hydrogen (secondary N) is 1. The molecule has 0 saturated carbocycles. The lowest BCUT2D eigenvalue weighted by Gasteiger charge is -2.11. The maximum Gasteiger partial charge on any atom is 0.416 e. The van der Waals surface area contributed by atoms with Crippen molar-refractivity contribution in [3.63, 3.8) is 0 Å². The van der Waals surface area contributed by atoms with Gasteiger partial charge in [0.2, 0.25) is 5.91 Å². The molecule has 1 amide bonds. The zero-order chi connectivity index (χ0) is 23.4. The average molecular weight is 490 g/mol. The van der Waals surface area contributed by atoms with Gasteiger partial charge >= 0.3 is 6.18 Å². The Labute approximate surface area is 195 Å². The first-order chi connectivity index (χ1) is 15.8. The van der Waals surface area contributed by atoms with Crippen molar-refractivity contribution in [2.24, 2.45) is 0 Å². The standard InChI is InChI=1S/C22H15ClF3N5OS/c23-16-6-2-8-18(11-16)31-20(14-4-3-9-27-12-14)29-30-21(31)33-13-19(32)28-17-7-1-5-15(10-17)22(24,25)26/h1-12H,13H2,(H,28,32). The number of carbonyl (C=O) groups excluding carboxylic acids is 1. The second-order valence-electron chi connectivity index (χ2n) is 6.78. The number of hydrogen-bond acceptors (Lipinski definition) is 5. The van der Waals surface area contributed by atoms with Crippen molar-refractivity contribution in [3.05, 3.63) is 83.6 Å². The van der Waals surface area contributed by atoms with E-state index in [4.69, 9.17) is 11.6 Å². The first-order valence-corrected chi connectivity index (χ1v) is 10.9. The summed E-state index contributed by atoms with van der Waals surface area (Å²) in [4.78, 5) is 16.5. The lowest BCUT2D eigenvalue weighted by molar-refractivity contribution is -0.137. The fourth-order valence-electron chi connectivity index (χ4n) is 2.99. The van der Waals surface area contributed by atoms with Gasteiger partial charge in [0.25, 0.3) is 0 Å². The first kappa shape index (κ1) is 22.8. The summed E-state index contributed by atoms with van der Waals surface area (Å²) in [5.74, 6) is -0.0730. The van der Waals surface area contributed by atoms with Crippen LogP contribution in [-0.4, -0.2) is 31.4 Å². The van der Waals surface area contributed by atoms with Gasteiger partial charge in [0.05, 0.1) is 17.0 Å². The lowest BCUT2D eigenvalue weighted by Crippen LogP contribution is -2.15. The van der Waals surface area contributed by atoms with Crippen molar-refractivity contribution >= 4 is 35.0 Å². The zero-order valence-electron chi connectivity index (χ0n) is 16.8. The number of carbonyl (C=O) groups is 1. The fraction of sp³-hybridized carbons (Fsp3) is 0.0909. The molecule has 4 aromatic rings. The van der Waals surface area contributed by atoms with Crippen molar-refractivity contribution in [2.45, 2.75) is 11.3 Å². The van der Waals surface area contributed by atoms with Crippen LogP contribution in [0.1, 0.15) is 5.56 Å². The number of aromatic nitrogens is 4. The number of nitrogens with zero attached hydrogens (tertiary/aromatic N) is 4. The average Bonchev–Trinajstić information content (AvgIpc) is 3.22. The molecule has 0 saturated heterocycles. The van der Waals surface area contributed by atoms with Gasteiger partial charge in [-0.25, -0.2) is 0 Å². The number of benzene rings is 2. The third kappa shape index (κ3) is 5.52. The summed E-state index contributed by atoms with van der Waals surface area (Å²) in [6.07, 6.45) is -1.22. The first-order valence-electron chi connectivity index (χ1n) is 9.53. The molecule has 0 fully saturated rings. The Kier molecular flexibility index (Phi) is 6.66. The summed E-state index contributed by atoms with van der Waals surface area (Å²) in [5, 5.41) is 11.9. The van der Waals surface area contributed by atoms with Crippen molar-refractivity contribution < 1.29 is 18.0 Å². The Morgan fingerprint density at radius 1 is 1.06 bits per heavy atom. The third-order valence-electron chi connectivity index (χ3n) is 4.43. The summed E-state index contributed by atoms with van der Waals surface area (Å²) in [6, 6.07) is 15.1. The van der Waals surface area contributed by atoms with Crippen LogP contribution in [0.5, 0.6) is 0 Å². The Morgan fingerprint density at radius 2 is 1.88 bits per heavy atom. The second-order valence-corrected chi connectivity index (χ2v) is 8.16. The number of anilines is 1. The molecule has 0 unspecified atom stereocenters. The Hall–Kier alpha value is -3.37. The Morgan fingerprint density at radius 3 is 2.61 bits per heavy atom. The molecule has 6 nitrogen and oxygen atoms in total. The number of rotatable bonds is 6. The van der Waals surface area contributed by atoms with Crippen LogP contribution in [-0.2, 0) is 11.0 Å². The number of alkyl halides is 3. The molecule has 4 rings (SSSR count). The van der Waals surface area contributed by atoms with Crippen molar-refractivity contribution in [1.29, 1.82) is 0 Å². The topological polar surface area (TPSA) is 72.7 Å². The van der Waals surface area contributed by atoms with Gasteiger partial charge in [-0.05, 0) is 48.5 Å². The van der Waals surface area contributed by atoms with Crippen molar-refractivity contribution in [2.75, 3.05) is 11.1 Å². The minimum Gasteiger partial charge on any atom is -0.325 e. The predicted molar refractivity (Wildman–Crippen MR) is 120 cm³/mol. The molecule has 0 bridgehead atoms. The Bertz CT molecular complexity index is 1280. The highest BCUT2D eigenvalue weighted by Crippen LogP contribution is 2.31.